The summed E-state index contributed by atoms with van der Waals surface area (Å²) < 4.78 is 10.2. The zero-order valence-electron chi connectivity index (χ0n) is 12.6. The Kier molecular flexibility index (Phi) is 4.84. The maximum absolute atomic E-state index is 11.8. The molecule has 3 rings (SSSR count). The van der Waals surface area contributed by atoms with Crippen LogP contribution in [-0.2, 0) is 4.74 Å². The summed E-state index contributed by atoms with van der Waals surface area (Å²) in [5.41, 5.74) is 2.40. The summed E-state index contributed by atoms with van der Waals surface area (Å²) in [6.07, 6.45) is 3.47. The molecule has 0 N–H and O–H groups in total. The van der Waals surface area contributed by atoms with Gasteiger partial charge in [-0.15, -0.1) is 0 Å². The molecule has 4 nitrogen and oxygen atoms in total. The summed E-state index contributed by atoms with van der Waals surface area (Å²) in [4.78, 5) is 15.6. The van der Waals surface area contributed by atoms with E-state index in [9.17, 15) is 4.79 Å². The van der Waals surface area contributed by atoms with E-state index < -0.39 is 5.97 Å². The molecule has 0 unspecified atom stereocenters. The van der Waals surface area contributed by atoms with Gasteiger partial charge in [0.15, 0.2) is 0 Å². The van der Waals surface area contributed by atoms with E-state index in [2.05, 4.69) is 29.2 Å². The molecular weight excluding hydrogens is 290 g/mol. The second-order valence-electron chi connectivity index (χ2n) is 5.14. The number of hydrogen-bond donors (Lipinski definition) is 0. The lowest BCUT2D eigenvalue weighted by Gasteiger charge is -2.17. The number of aromatic nitrogens is 1. The van der Waals surface area contributed by atoms with E-state index in [4.69, 9.17) is 9.15 Å². The maximum atomic E-state index is 11.8. The first-order chi connectivity index (χ1) is 11.3. The van der Waals surface area contributed by atoms with E-state index in [1.807, 2.05) is 36.4 Å². The second kappa shape index (κ2) is 7.40. The van der Waals surface area contributed by atoms with Crippen LogP contribution in [0.4, 0.5) is 0 Å². The summed E-state index contributed by atoms with van der Waals surface area (Å²) in [6.45, 7) is 0.301. The second-order valence-corrected chi connectivity index (χ2v) is 5.14. The van der Waals surface area contributed by atoms with Gasteiger partial charge in [0.05, 0.1) is 12.8 Å². The Morgan fingerprint density at radius 1 is 1.00 bits per heavy atom. The summed E-state index contributed by atoms with van der Waals surface area (Å²) in [7, 11) is 0. The van der Waals surface area contributed by atoms with Crippen molar-refractivity contribution < 1.29 is 13.9 Å². The third-order valence-electron chi connectivity index (χ3n) is 3.65. The van der Waals surface area contributed by atoms with Gasteiger partial charge in [-0.25, -0.2) is 9.78 Å². The van der Waals surface area contributed by atoms with Crippen LogP contribution in [0.1, 0.15) is 34.2 Å². The first kappa shape index (κ1) is 15.0. The molecule has 0 aliphatic rings. The zero-order valence-corrected chi connectivity index (χ0v) is 12.6. The highest BCUT2D eigenvalue weighted by Crippen LogP contribution is 2.27. The van der Waals surface area contributed by atoms with Crippen molar-refractivity contribution in [3.8, 4) is 0 Å². The van der Waals surface area contributed by atoms with Crippen LogP contribution in [-0.4, -0.2) is 17.6 Å². The lowest BCUT2D eigenvalue weighted by Crippen LogP contribution is -2.10. The first-order valence-corrected chi connectivity index (χ1v) is 7.51. The number of carbonyl (C=O) groups excluding carboxylic acids is 1. The Labute approximate surface area is 134 Å². The quantitative estimate of drug-likeness (QED) is 0.645. The van der Waals surface area contributed by atoms with Crippen LogP contribution in [0.5, 0.6) is 0 Å². The molecule has 2 aromatic carbocycles. The van der Waals surface area contributed by atoms with Gasteiger partial charge in [0.25, 0.3) is 0 Å². The fraction of sp³-hybridized carbons (Fsp3) is 0.158. The monoisotopic (exact) mass is 307 g/mol. The predicted octanol–water partition coefficient (Wildman–Crippen LogP) is 4.05. The third-order valence-corrected chi connectivity index (χ3v) is 3.65. The average Bonchev–Trinajstić information content (AvgIpc) is 3.15. The summed E-state index contributed by atoms with van der Waals surface area (Å²) in [6, 6.07) is 20.4. The van der Waals surface area contributed by atoms with Crippen molar-refractivity contribution in [3.05, 3.63) is 90.1 Å². The van der Waals surface area contributed by atoms with Crippen LogP contribution >= 0.6 is 0 Å². The summed E-state index contributed by atoms with van der Waals surface area (Å²) in [5, 5.41) is 0. The molecule has 0 amide bonds. The van der Waals surface area contributed by atoms with Gasteiger partial charge in [-0.05, 0) is 17.5 Å². The molecule has 4 heteroatoms. The molecule has 3 aromatic rings. The number of rotatable bonds is 6. The highest BCUT2D eigenvalue weighted by Gasteiger charge is 2.16. The van der Waals surface area contributed by atoms with Gasteiger partial charge in [-0.1, -0.05) is 60.7 Å². The number of benzene rings is 2. The Balaban J connectivity index is 1.69. The summed E-state index contributed by atoms with van der Waals surface area (Å²) in [5.74, 6) is -0.370. The van der Waals surface area contributed by atoms with E-state index in [1.165, 1.54) is 23.6 Å². The number of ether oxygens (including phenoxy) is 1. The molecule has 0 radical (unpaired) electrons. The number of hydrogen-bond acceptors (Lipinski definition) is 4. The number of carbonyl (C=O) groups is 1. The Morgan fingerprint density at radius 3 is 2.13 bits per heavy atom. The molecular formula is C19H17NO3. The van der Waals surface area contributed by atoms with Crippen molar-refractivity contribution in [1.82, 2.24) is 4.98 Å². The maximum Gasteiger partial charge on any atom is 0.394 e. The van der Waals surface area contributed by atoms with Crippen LogP contribution in [0.25, 0.3) is 0 Å². The standard InChI is InChI=1S/C19H17NO3/c21-19(18-20-12-14-22-18)23-13-11-17(15-7-3-1-4-8-15)16-9-5-2-6-10-16/h1-10,12,14,17H,11,13H2. The molecule has 0 aliphatic carbocycles. The summed E-state index contributed by atoms with van der Waals surface area (Å²) >= 11 is 0. The topological polar surface area (TPSA) is 52.3 Å². The highest BCUT2D eigenvalue weighted by molar-refractivity contribution is 5.83. The van der Waals surface area contributed by atoms with E-state index in [0.29, 0.717) is 13.0 Å². The van der Waals surface area contributed by atoms with E-state index in [-0.39, 0.29) is 11.8 Å². The lowest BCUT2D eigenvalue weighted by molar-refractivity contribution is 0.0451. The molecule has 0 aliphatic heterocycles. The van der Waals surface area contributed by atoms with Crippen molar-refractivity contribution >= 4 is 5.97 Å². The molecule has 1 aromatic heterocycles. The van der Waals surface area contributed by atoms with Gasteiger partial charge < -0.3 is 9.15 Å². The van der Waals surface area contributed by atoms with Crippen molar-refractivity contribution in [1.29, 1.82) is 0 Å². The minimum atomic E-state index is -0.533. The van der Waals surface area contributed by atoms with Gasteiger partial charge in [-0.3, -0.25) is 0 Å². The van der Waals surface area contributed by atoms with E-state index in [0.717, 1.165) is 0 Å². The van der Waals surface area contributed by atoms with Gasteiger partial charge in [0.1, 0.15) is 6.26 Å². The third kappa shape index (κ3) is 3.86. The Hall–Kier alpha value is -2.88. The van der Waals surface area contributed by atoms with Crippen LogP contribution in [0.2, 0.25) is 0 Å². The Bertz CT molecular complexity index is 684. The average molecular weight is 307 g/mol. The highest BCUT2D eigenvalue weighted by atomic mass is 16.5. The smallest absolute Gasteiger partial charge is 0.394 e. The number of nitrogens with zero attached hydrogens (tertiary/aromatic N) is 1. The largest absolute Gasteiger partial charge is 0.459 e. The molecule has 0 bridgehead atoms. The first-order valence-electron chi connectivity index (χ1n) is 7.51. The minimum Gasteiger partial charge on any atom is -0.459 e. The molecule has 1 heterocycles. The van der Waals surface area contributed by atoms with Crippen molar-refractivity contribution in [2.45, 2.75) is 12.3 Å². The SMILES string of the molecule is O=C(OCCC(c1ccccc1)c1ccccc1)c1ncco1. The van der Waals surface area contributed by atoms with Crippen LogP contribution in [0, 0.1) is 0 Å². The minimum absolute atomic E-state index is 0.0130. The van der Waals surface area contributed by atoms with Gasteiger partial charge in [0, 0.05) is 5.92 Å². The molecule has 0 atom stereocenters. The molecule has 23 heavy (non-hydrogen) atoms. The van der Waals surface area contributed by atoms with Crippen LogP contribution in [0.15, 0.2) is 77.5 Å². The van der Waals surface area contributed by atoms with Crippen LogP contribution in [0.3, 0.4) is 0 Å². The molecule has 116 valence electrons. The zero-order chi connectivity index (χ0) is 15.9. The molecule has 0 fully saturated rings. The van der Waals surface area contributed by atoms with Gasteiger partial charge >= 0.3 is 11.9 Å². The van der Waals surface area contributed by atoms with Crippen molar-refractivity contribution in [2.24, 2.45) is 0 Å². The van der Waals surface area contributed by atoms with Gasteiger partial charge in [0.2, 0.25) is 0 Å². The predicted molar refractivity (Wildman–Crippen MR) is 86.1 cm³/mol. The molecule has 0 saturated carbocycles. The van der Waals surface area contributed by atoms with E-state index in [1.54, 1.807) is 0 Å². The Morgan fingerprint density at radius 2 is 1.61 bits per heavy atom. The van der Waals surface area contributed by atoms with Crippen LogP contribution < -0.4 is 0 Å². The van der Waals surface area contributed by atoms with Crippen molar-refractivity contribution in [3.63, 3.8) is 0 Å². The lowest BCUT2D eigenvalue weighted by atomic mass is 9.89. The number of oxazole rings is 1. The normalized spacial score (nSPS) is 10.7. The van der Waals surface area contributed by atoms with Crippen molar-refractivity contribution in [2.75, 3.05) is 6.61 Å². The fourth-order valence-electron chi connectivity index (χ4n) is 2.55. The fourth-order valence-corrected chi connectivity index (χ4v) is 2.55. The number of esters is 1. The van der Waals surface area contributed by atoms with E-state index >= 15 is 0 Å². The molecule has 0 spiro atoms. The van der Waals surface area contributed by atoms with Gasteiger partial charge in [-0.2, -0.15) is 0 Å². The molecule has 0 saturated heterocycles.